The predicted octanol–water partition coefficient (Wildman–Crippen LogP) is 1.18. The van der Waals surface area contributed by atoms with Crippen molar-refractivity contribution in [1.82, 2.24) is 15.2 Å². The van der Waals surface area contributed by atoms with Gasteiger partial charge in [-0.25, -0.2) is 10.0 Å². The number of halogens is 3. The normalized spacial score (nSPS) is 9.25. The van der Waals surface area contributed by atoms with Crippen LogP contribution in [0.25, 0.3) is 0 Å². The van der Waals surface area contributed by atoms with Crippen LogP contribution in [0.1, 0.15) is 0 Å². The minimum Gasteiger partial charge on any atom is -0.427 e. The van der Waals surface area contributed by atoms with Crippen molar-refractivity contribution in [3.63, 3.8) is 0 Å². The molecular formula is C4H2F3N3O2. The van der Waals surface area contributed by atoms with Crippen LogP contribution in [0.3, 0.4) is 0 Å². The van der Waals surface area contributed by atoms with Crippen molar-refractivity contribution < 1.29 is 23.0 Å². The van der Waals surface area contributed by atoms with Crippen molar-refractivity contribution in [1.29, 1.82) is 0 Å². The minimum absolute atomic E-state index is 0.128. The van der Waals surface area contributed by atoms with E-state index < -0.39 is 18.1 Å². The highest BCUT2D eigenvalue weighted by molar-refractivity contribution is 5.00. The third-order valence-electron chi connectivity index (χ3n) is 0.773. The average Bonchev–Trinajstić information content (AvgIpc) is 2.48. The molecule has 0 bridgehead atoms. The van der Waals surface area contributed by atoms with Crippen molar-refractivity contribution >= 4 is 0 Å². The summed E-state index contributed by atoms with van der Waals surface area (Å²) in [5.41, 5.74) is 0. The van der Waals surface area contributed by atoms with Crippen LogP contribution >= 0.6 is 0 Å². The van der Waals surface area contributed by atoms with Gasteiger partial charge in [0.2, 0.25) is 0 Å². The fourth-order valence-electron chi connectivity index (χ4n) is 0.420. The zero-order valence-electron chi connectivity index (χ0n) is 5.42. The molecule has 0 fully saturated rings. The Kier molecular flexibility index (Phi) is 2.51. The molecule has 0 saturated carbocycles. The quantitative estimate of drug-likeness (QED) is 0.711. The first-order valence-electron chi connectivity index (χ1n) is 2.61. The Hall–Kier alpha value is -1.73. The Bertz CT molecular complexity index is 283. The molecule has 0 aromatic carbocycles. The van der Waals surface area contributed by atoms with Crippen LogP contribution in [0, 0.1) is 0 Å². The number of ether oxygens (including phenoxy) is 1. The van der Waals surface area contributed by atoms with E-state index in [0.717, 1.165) is 0 Å². The molecule has 0 aliphatic rings. The first-order chi connectivity index (χ1) is 5.72. The van der Waals surface area contributed by atoms with Gasteiger partial charge in [0.05, 0.1) is 0 Å². The number of H-pyrrole nitrogens is 1. The van der Waals surface area contributed by atoms with Gasteiger partial charge in [-0.3, -0.25) is 0 Å². The molecule has 5 nitrogen and oxygen atoms in total. The summed E-state index contributed by atoms with van der Waals surface area (Å²) in [6.07, 6.45) is -1.92. The third-order valence-corrected chi connectivity index (χ3v) is 0.773. The van der Waals surface area contributed by atoms with Crippen LogP contribution in [-0.2, 0) is 0 Å². The SMILES string of the molecule is FOc1n[nH]c(OC=C(F)F)n1. The van der Waals surface area contributed by atoms with Gasteiger partial charge in [0.15, 0.2) is 6.26 Å². The molecule has 0 saturated heterocycles. The maximum Gasteiger partial charge on any atom is 0.381 e. The summed E-state index contributed by atoms with van der Waals surface area (Å²) in [5, 5.41) is 5.07. The Morgan fingerprint density at radius 3 is 2.75 bits per heavy atom. The van der Waals surface area contributed by atoms with Gasteiger partial charge in [0.25, 0.3) is 0 Å². The van der Waals surface area contributed by atoms with Crippen molar-refractivity contribution in [3.05, 3.63) is 12.3 Å². The lowest BCUT2D eigenvalue weighted by atomic mass is 11.0. The van der Waals surface area contributed by atoms with Gasteiger partial charge in [-0.2, -0.15) is 8.78 Å². The summed E-state index contributed by atoms with van der Waals surface area (Å²) < 4.78 is 38.2. The van der Waals surface area contributed by atoms with Gasteiger partial charge < -0.3 is 4.74 Å². The molecule has 0 unspecified atom stereocenters. The van der Waals surface area contributed by atoms with Gasteiger partial charge in [0.1, 0.15) is 0 Å². The fraction of sp³-hybridized carbons (Fsp3) is 0. The number of hydrogen-bond acceptors (Lipinski definition) is 4. The zero-order valence-corrected chi connectivity index (χ0v) is 5.42. The highest BCUT2D eigenvalue weighted by Gasteiger charge is 2.04. The van der Waals surface area contributed by atoms with E-state index >= 15 is 0 Å². The molecule has 1 aromatic rings. The number of aromatic amines is 1. The summed E-state index contributed by atoms with van der Waals surface area (Å²) >= 11 is 0. The Morgan fingerprint density at radius 2 is 2.25 bits per heavy atom. The molecule has 0 atom stereocenters. The zero-order chi connectivity index (χ0) is 8.97. The maximum absolute atomic E-state index is 11.4. The number of hydrogen-bond donors (Lipinski definition) is 1. The molecule has 1 rings (SSSR count). The number of rotatable bonds is 3. The van der Waals surface area contributed by atoms with E-state index in [0.29, 0.717) is 0 Å². The molecular weight excluding hydrogens is 179 g/mol. The molecule has 8 heteroatoms. The molecule has 12 heavy (non-hydrogen) atoms. The number of nitrogens with zero attached hydrogens (tertiary/aromatic N) is 2. The van der Waals surface area contributed by atoms with Gasteiger partial charge >= 0.3 is 18.1 Å². The van der Waals surface area contributed by atoms with Gasteiger partial charge in [-0.1, -0.05) is 0 Å². The molecule has 1 N–H and O–H groups in total. The molecule has 1 aromatic heterocycles. The van der Waals surface area contributed by atoms with E-state index in [1.165, 1.54) is 0 Å². The van der Waals surface area contributed by atoms with E-state index in [1.807, 2.05) is 5.10 Å². The summed E-state index contributed by atoms with van der Waals surface area (Å²) in [7, 11) is 0. The van der Waals surface area contributed by atoms with Gasteiger partial charge in [-0.05, 0) is 0 Å². The average molecular weight is 181 g/mol. The molecule has 66 valence electrons. The number of aromatic nitrogens is 3. The molecule has 1 heterocycles. The van der Waals surface area contributed by atoms with Crippen LogP contribution in [0.2, 0.25) is 0 Å². The summed E-state index contributed by atoms with van der Waals surface area (Å²) in [6, 6.07) is -1.03. The highest BCUT2D eigenvalue weighted by atomic mass is 19.3. The van der Waals surface area contributed by atoms with Crippen molar-refractivity contribution in [3.8, 4) is 12.0 Å². The molecule has 0 amide bonds. The van der Waals surface area contributed by atoms with E-state index in [9.17, 15) is 13.3 Å². The van der Waals surface area contributed by atoms with Crippen molar-refractivity contribution in [2.24, 2.45) is 0 Å². The predicted molar refractivity (Wildman–Crippen MR) is 29.0 cm³/mol. The first-order valence-corrected chi connectivity index (χ1v) is 2.61. The maximum atomic E-state index is 11.4. The van der Waals surface area contributed by atoms with Gasteiger partial charge in [0, 0.05) is 4.53 Å². The molecule has 0 aliphatic carbocycles. The van der Waals surface area contributed by atoms with Crippen LogP contribution in [0.15, 0.2) is 12.3 Å². The smallest absolute Gasteiger partial charge is 0.381 e. The molecule has 0 spiro atoms. The second-order valence-corrected chi connectivity index (χ2v) is 1.53. The van der Waals surface area contributed by atoms with E-state index in [1.54, 1.807) is 0 Å². The second-order valence-electron chi connectivity index (χ2n) is 1.53. The second kappa shape index (κ2) is 3.60. The summed E-state index contributed by atoms with van der Waals surface area (Å²) in [4.78, 5) is 6.20. The topological polar surface area (TPSA) is 60.0 Å². The Labute approximate surface area is 63.7 Å². The van der Waals surface area contributed by atoms with Crippen LogP contribution in [-0.4, -0.2) is 15.2 Å². The third kappa shape index (κ3) is 2.15. The molecule has 0 radical (unpaired) electrons. The Morgan fingerprint density at radius 1 is 1.50 bits per heavy atom. The first kappa shape index (κ1) is 8.37. The minimum atomic E-state index is -2.05. The largest absolute Gasteiger partial charge is 0.427 e. The summed E-state index contributed by atoms with van der Waals surface area (Å²) in [5.74, 6) is 0. The molecule has 0 aliphatic heterocycles. The van der Waals surface area contributed by atoms with Crippen LogP contribution < -0.4 is 9.68 Å². The van der Waals surface area contributed by atoms with E-state index in [-0.39, 0.29) is 6.26 Å². The van der Waals surface area contributed by atoms with Crippen LogP contribution in [0.4, 0.5) is 13.3 Å². The van der Waals surface area contributed by atoms with E-state index in [2.05, 4.69) is 19.8 Å². The monoisotopic (exact) mass is 181 g/mol. The lowest BCUT2D eigenvalue weighted by Gasteiger charge is -1.88. The van der Waals surface area contributed by atoms with Crippen molar-refractivity contribution in [2.75, 3.05) is 0 Å². The van der Waals surface area contributed by atoms with Gasteiger partial charge in [-0.15, -0.1) is 10.1 Å². The van der Waals surface area contributed by atoms with E-state index in [4.69, 9.17) is 0 Å². The van der Waals surface area contributed by atoms with Crippen LogP contribution in [0.5, 0.6) is 12.0 Å². The number of nitrogens with one attached hydrogen (secondary N) is 1. The Balaban J connectivity index is 2.58. The lowest BCUT2D eigenvalue weighted by molar-refractivity contribution is -0.0175. The standard InChI is InChI=1S/C4H2F3N3O2/c5-2(6)1-11-3-8-4(12-7)10-9-3/h1H,(H,8,9,10). The summed E-state index contributed by atoms with van der Waals surface area (Å²) in [6.45, 7) is 0. The van der Waals surface area contributed by atoms with Crippen molar-refractivity contribution in [2.45, 2.75) is 0 Å². The lowest BCUT2D eigenvalue weighted by Crippen LogP contribution is -1.84. The highest BCUT2D eigenvalue weighted by Crippen LogP contribution is 2.09. The fourth-order valence-corrected chi connectivity index (χ4v) is 0.420.